The van der Waals surface area contributed by atoms with Crippen molar-refractivity contribution in [3.05, 3.63) is 102 Å². The van der Waals surface area contributed by atoms with Gasteiger partial charge in [-0.1, -0.05) is 42.5 Å². The summed E-state index contributed by atoms with van der Waals surface area (Å²) in [4.78, 5) is 45.3. The molecule has 0 aliphatic carbocycles. The smallest absolute Gasteiger partial charge is 0.305 e. The molecule has 0 unspecified atom stereocenters. The van der Waals surface area contributed by atoms with Gasteiger partial charge < -0.3 is 24.3 Å². The van der Waals surface area contributed by atoms with Gasteiger partial charge in [-0.25, -0.2) is 4.39 Å². The van der Waals surface area contributed by atoms with Gasteiger partial charge in [-0.2, -0.15) is 0 Å². The van der Waals surface area contributed by atoms with Gasteiger partial charge in [0.2, 0.25) is 11.8 Å². The van der Waals surface area contributed by atoms with Crippen LogP contribution in [0.2, 0.25) is 0 Å². The third kappa shape index (κ3) is 9.16. The highest BCUT2D eigenvalue weighted by Gasteiger charge is 2.23. The molecular formula is C34H38FN3O5. The maximum atomic E-state index is 13.9. The van der Waals surface area contributed by atoms with Crippen LogP contribution in [0.4, 0.5) is 4.39 Å². The van der Waals surface area contributed by atoms with Gasteiger partial charge in [-0.05, 0) is 66.8 Å². The van der Waals surface area contributed by atoms with Crippen molar-refractivity contribution in [2.24, 2.45) is 0 Å². The van der Waals surface area contributed by atoms with Gasteiger partial charge in [-0.15, -0.1) is 0 Å². The fraction of sp³-hybridized carbons (Fsp3) is 0.324. The number of aromatic nitrogens is 1. The van der Waals surface area contributed by atoms with E-state index in [-0.39, 0.29) is 43.6 Å². The summed E-state index contributed by atoms with van der Waals surface area (Å²) < 4.78 is 23.8. The Hall–Kier alpha value is -4.66. The largest absolute Gasteiger partial charge is 0.494 e. The number of H-pyrrole nitrogens is 1. The van der Waals surface area contributed by atoms with E-state index in [1.807, 2.05) is 55.6 Å². The molecule has 0 radical (unpaired) electrons. The number of halogens is 1. The second-order valence-electron chi connectivity index (χ2n) is 10.3. The van der Waals surface area contributed by atoms with Crippen LogP contribution < -0.4 is 4.74 Å². The molecule has 0 bridgehead atoms. The highest BCUT2D eigenvalue weighted by Crippen LogP contribution is 2.20. The molecule has 8 nitrogen and oxygen atoms in total. The third-order valence-electron chi connectivity index (χ3n) is 7.25. The molecular weight excluding hydrogens is 549 g/mol. The number of carbonyl (C=O) groups is 3. The first-order valence-electron chi connectivity index (χ1n) is 14.5. The van der Waals surface area contributed by atoms with Crippen LogP contribution in [0.15, 0.2) is 79.0 Å². The Morgan fingerprint density at radius 3 is 2.21 bits per heavy atom. The van der Waals surface area contributed by atoms with Crippen molar-refractivity contribution in [3.63, 3.8) is 0 Å². The summed E-state index contributed by atoms with van der Waals surface area (Å²) >= 11 is 0. The topological polar surface area (TPSA) is 91.9 Å². The highest BCUT2D eigenvalue weighted by molar-refractivity contribution is 5.86. The summed E-state index contributed by atoms with van der Waals surface area (Å²) in [6, 6.07) is 21.5. The van der Waals surface area contributed by atoms with Crippen molar-refractivity contribution < 1.29 is 28.2 Å². The Labute approximate surface area is 251 Å². The normalized spacial score (nSPS) is 10.9. The number of nitrogens with zero attached hydrogens (tertiary/aromatic N) is 2. The molecule has 0 aliphatic rings. The molecule has 4 aromatic rings. The molecule has 2 amide bonds. The summed E-state index contributed by atoms with van der Waals surface area (Å²) in [6.45, 7) is 3.27. The van der Waals surface area contributed by atoms with Crippen LogP contribution in [0, 0.1) is 5.82 Å². The van der Waals surface area contributed by atoms with Crippen LogP contribution in [0.1, 0.15) is 42.9 Å². The molecule has 0 atom stereocenters. The molecule has 3 aromatic carbocycles. The van der Waals surface area contributed by atoms with Crippen LogP contribution in [-0.4, -0.2) is 59.4 Å². The lowest BCUT2D eigenvalue weighted by molar-refractivity contribution is -0.143. The third-order valence-corrected chi connectivity index (χ3v) is 7.25. The van der Waals surface area contributed by atoms with E-state index in [2.05, 4.69) is 15.8 Å². The number of aromatic amines is 1. The van der Waals surface area contributed by atoms with Gasteiger partial charge in [0.15, 0.2) is 0 Å². The number of ether oxygens (including phenoxy) is 2. The fourth-order valence-corrected chi connectivity index (χ4v) is 4.91. The molecule has 0 saturated heterocycles. The Kier molecular flexibility index (Phi) is 11.3. The minimum atomic E-state index is -0.396. The summed E-state index contributed by atoms with van der Waals surface area (Å²) in [7, 11) is 1.30. The summed E-state index contributed by atoms with van der Waals surface area (Å²) in [5, 5.41) is 1.11. The predicted molar refractivity (Wildman–Crippen MR) is 163 cm³/mol. The number of hydrogen-bond donors (Lipinski definition) is 1. The average molecular weight is 588 g/mol. The van der Waals surface area contributed by atoms with Gasteiger partial charge in [0.25, 0.3) is 0 Å². The Morgan fingerprint density at radius 2 is 1.51 bits per heavy atom. The SMILES string of the molecule is CCOc1ccc(CN(CCc2c[nH]c3ccccc23)C(=O)CN(Cc2ccc(F)cc2)C(=O)CCCC(=O)OC)cc1. The summed E-state index contributed by atoms with van der Waals surface area (Å²) in [5.74, 6) is -0.496. The quantitative estimate of drug-likeness (QED) is 0.182. The standard InChI is InChI=1S/C34H38FN3O5/c1-3-43-29-17-13-26(14-18-29)22-37(20-19-27-21-36-31-8-5-4-7-30(27)31)33(40)24-38(23-25-11-15-28(35)16-12-25)32(39)9-6-10-34(41)42-2/h4-5,7-8,11-18,21,36H,3,6,9-10,19-20,22-24H2,1-2H3. The van der Waals surface area contributed by atoms with Gasteiger partial charge in [0, 0.05) is 49.6 Å². The van der Waals surface area contributed by atoms with Crippen molar-refractivity contribution in [2.45, 2.75) is 45.7 Å². The lowest BCUT2D eigenvalue weighted by atomic mass is 10.1. The molecule has 1 aromatic heterocycles. The van der Waals surface area contributed by atoms with E-state index in [4.69, 9.17) is 4.74 Å². The van der Waals surface area contributed by atoms with Crippen molar-refractivity contribution in [1.82, 2.24) is 14.8 Å². The fourth-order valence-electron chi connectivity index (χ4n) is 4.91. The van der Waals surface area contributed by atoms with Gasteiger partial charge in [-0.3, -0.25) is 14.4 Å². The number of methoxy groups -OCH3 is 1. The number of hydrogen-bond acceptors (Lipinski definition) is 5. The number of fused-ring (bicyclic) bond motifs is 1. The average Bonchev–Trinajstić information content (AvgIpc) is 3.43. The number of nitrogens with one attached hydrogen (secondary N) is 1. The first-order chi connectivity index (χ1) is 20.9. The van der Waals surface area contributed by atoms with Crippen molar-refractivity contribution in [2.75, 3.05) is 26.8 Å². The predicted octanol–water partition coefficient (Wildman–Crippen LogP) is 5.65. The monoisotopic (exact) mass is 587 g/mol. The molecule has 1 N–H and O–H groups in total. The van der Waals surface area contributed by atoms with E-state index in [1.165, 1.54) is 24.1 Å². The van der Waals surface area contributed by atoms with Gasteiger partial charge in [0.1, 0.15) is 18.1 Å². The van der Waals surface area contributed by atoms with Crippen molar-refractivity contribution >= 4 is 28.7 Å². The van der Waals surface area contributed by atoms with Crippen molar-refractivity contribution in [3.8, 4) is 5.75 Å². The maximum Gasteiger partial charge on any atom is 0.305 e. The molecule has 0 aliphatic heterocycles. The second kappa shape index (κ2) is 15.5. The van der Waals surface area contributed by atoms with E-state index in [0.29, 0.717) is 38.1 Å². The lowest BCUT2D eigenvalue weighted by Crippen LogP contribution is -2.43. The zero-order chi connectivity index (χ0) is 30.6. The number of para-hydroxylation sites is 1. The first-order valence-corrected chi connectivity index (χ1v) is 14.5. The summed E-state index contributed by atoms with van der Waals surface area (Å²) in [6.07, 6.45) is 3.08. The minimum absolute atomic E-state index is 0.0812. The minimum Gasteiger partial charge on any atom is -0.494 e. The van der Waals surface area contributed by atoms with E-state index in [1.54, 1.807) is 17.0 Å². The van der Waals surface area contributed by atoms with E-state index in [0.717, 1.165) is 27.8 Å². The van der Waals surface area contributed by atoms with Crippen molar-refractivity contribution in [1.29, 1.82) is 0 Å². The van der Waals surface area contributed by atoms with Gasteiger partial charge in [0.05, 0.1) is 13.7 Å². The lowest BCUT2D eigenvalue weighted by Gasteiger charge is -2.28. The van der Waals surface area contributed by atoms with E-state index < -0.39 is 5.97 Å². The number of esters is 1. The maximum absolute atomic E-state index is 13.9. The molecule has 1 heterocycles. The van der Waals surface area contributed by atoms with Crippen LogP contribution in [0.25, 0.3) is 10.9 Å². The number of benzene rings is 3. The highest BCUT2D eigenvalue weighted by atomic mass is 19.1. The number of amides is 2. The molecule has 226 valence electrons. The van der Waals surface area contributed by atoms with Crippen LogP contribution in [0.5, 0.6) is 5.75 Å². The van der Waals surface area contributed by atoms with Crippen LogP contribution >= 0.6 is 0 Å². The Balaban J connectivity index is 1.53. The van der Waals surface area contributed by atoms with Crippen LogP contribution in [-0.2, 0) is 38.6 Å². The Morgan fingerprint density at radius 1 is 0.837 bits per heavy atom. The summed E-state index contributed by atoms with van der Waals surface area (Å²) in [5.41, 5.74) is 3.77. The molecule has 0 saturated carbocycles. The molecule has 0 fully saturated rings. The van der Waals surface area contributed by atoms with Gasteiger partial charge >= 0.3 is 5.97 Å². The zero-order valence-electron chi connectivity index (χ0n) is 24.7. The number of carbonyl (C=O) groups excluding carboxylic acids is 3. The second-order valence-corrected chi connectivity index (χ2v) is 10.3. The Bertz CT molecular complexity index is 1500. The zero-order valence-corrected chi connectivity index (χ0v) is 24.7. The molecule has 4 rings (SSSR count). The first kappa shape index (κ1) is 31.3. The molecule has 0 spiro atoms. The van der Waals surface area contributed by atoms with Crippen LogP contribution in [0.3, 0.4) is 0 Å². The van der Waals surface area contributed by atoms with E-state index in [9.17, 15) is 18.8 Å². The molecule has 43 heavy (non-hydrogen) atoms. The number of rotatable bonds is 15. The van der Waals surface area contributed by atoms with E-state index >= 15 is 0 Å². The molecule has 9 heteroatoms.